The fourth-order valence-electron chi connectivity index (χ4n) is 2.15. The van der Waals surface area contributed by atoms with E-state index in [4.69, 9.17) is 10.3 Å². The molecule has 0 aliphatic rings. The van der Waals surface area contributed by atoms with Gasteiger partial charge in [-0.3, -0.25) is 4.98 Å². The summed E-state index contributed by atoms with van der Waals surface area (Å²) in [6.45, 7) is 1.98. The van der Waals surface area contributed by atoms with Gasteiger partial charge in [0.1, 0.15) is 0 Å². The van der Waals surface area contributed by atoms with Crippen molar-refractivity contribution in [2.75, 3.05) is 0 Å². The summed E-state index contributed by atoms with van der Waals surface area (Å²) in [6.07, 6.45) is 4.13. The first-order valence-corrected chi connectivity index (χ1v) is 6.78. The topological polar surface area (TPSA) is 77.8 Å². The highest BCUT2D eigenvalue weighted by atomic mass is 16.5. The van der Waals surface area contributed by atoms with Gasteiger partial charge >= 0.3 is 0 Å². The van der Waals surface area contributed by atoms with E-state index < -0.39 is 0 Å². The van der Waals surface area contributed by atoms with Crippen LogP contribution in [0.5, 0.6) is 0 Å². The molecule has 5 nitrogen and oxygen atoms in total. The summed E-state index contributed by atoms with van der Waals surface area (Å²) in [5.41, 5.74) is 9.20. The van der Waals surface area contributed by atoms with Gasteiger partial charge in [-0.1, -0.05) is 35.5 Å². The van der Waals surface area contributed by atoms with Crippen molar-refractivity contribution in [2.24, 2.45) is 5.73 Å². The Kier molecular flexibility index (Phi) is 3.75. The second-order valence-corrected chi connectivity index (χ2v) is 4.94. The molecule has 1 atom stereocenters. The van der Waals surface area contributed by atoms with Crippen molar-refractivity contribution in [3.8, 4) is 11.4 Å². The highest BCUT2D eigenvalue weighted by Gasteiger charge is 2.17. The molecule has 0 saturated heterocycles. The summed E-state index contributed by atoms with van der Waals surface area (Å²) in [4.78, 5) is 8.49. The number of nitrogens with two attached hydrogens (primary N) is 1. The molecule has 0 radical (unpaired) electrons. The van der Waals surface area contributed by atoms with Crippen LogP contribution in [0.25, 0.3) is 11.4 Å². The van der Waals surface area contributed by atoms with Gasteiger partial charge in [0, 0.05) is 18.0 Å². The molecule has 0 aliphatic carbocycles. The van der Waals surface area contributed by atoms with Gasteiger partial charge in [-0.2, -0.15) is 4.98 Å². The standard InChI is InChI=1S/C16H16N4O/c1-11-7-8-18-10-13(11)15-19-16(21-20-15)14(17)9-12-5-3-2-4-6-12/h2-8,10,14H,9,17H2,1H3/t14-/m1/s1. The first kappa shape index (κ1) is 13.5. The van der Waals surface area contributed by atoms with E-state index in [0.717, 1.165) is 16.7 Å². The summed E-state index contributed by atoms with van der Waals surface area (Å²) >= 11 is 0. The third kappa shape index (κ3) is 2.98. The summed E-state index contributed by atoms with van der Waals surface area (Å²) in [6, 6.07) is 11.6. The molecule has 2 aromatic heterocycles. The van der Waals surface area contributed by atoms with Crippen LogP contribution in [-0.4, -0.2) is 15.1 Å². The molecule has 0 bridgehead atoms. The lowest BCUT2D eigenvalue weighted by Gasteiger charge is -2.06. The average Bonchev–Trinajstić information content (AvgIpc) is 2.98. The summed E-state index contributed by atoms with van der Waals surface area (Å²) in [7, 11) is 0. The quantitative estimate of drug-likeness (QED) is 0.795. The predicted molar refractivity (Wildman–Crippen MR) is 79.3 cm³/mol. The maximum absolute atomic E-state index is 6.14. The molecule has 0 fully saturated rings. The van der Waals surface area contributed by atoms with Crippen molar-refractivity contribution in [1.29, 1.82) is 0 Å². The van der Waals surface area contributed by atoms with Crippen LogP contribution in [0, 0.1) is 6.92 Å². The van der Waals surface area contributed by atoms with Gasteiger partial charge in [-0.05, 0) is 30.5 Å². The molecule has 0 saturated carbocycles. The zero-order valence-corrected chi connectivity index (χ0v) is 11.7. The fraction of sp³-hybridized carbons (Fsp3) is 0.188. The molecular formula is C16H16N4O. The van der Waals surface area contributed by atoms with Gasteiger partial charge < -0.3 is 10.3 Å². The lowest BCUT2D eigenvalue weighted by atomic mass is 10.1. The van der Waals surface area contributed by atoms with Crippen LogP contribution in [-0.2, 0) is 6.42 Å². The number of rotatable bonds is 4. The van der Waals surface area contributed by atoms with E-state index in [-0.39, 0.29) is 6.04 Å². The van der Waals surface area contributed by atoms with E-state index in [1.54, 1.807) is 12.4 Å². The van der Waals surface area contributed by atoms with E-state index in [2.05, 4.69) is 15.1 Å². The minimum absolute atomic E-state index is 0.314. The third-order valence-electron chi connectivity index (χ3n) is 3.34. The maximum atomic E-state index is 6.14. The second-order valence-electron chi connectivity index (χ2n) is 4.94. The van der Waals surface area contributed by atoms with Crippen LogP contribution >= 0.6 is 0 Å². The lowest BCUT2D eigenvalue weighted by Crippen LogP contribution is -2.13. The normalized spacial score (nSPS) is 12.3. The molecule has 2 heterocycles. The molecule has 0 amide bonds. The Morgan fingerprint density at radius 2 is 2.00 bits per heavy atom. The lowest BCUT2D eigenvalue weighted by molar-refractivity contribution is 0.354. The number of nitrogens with zero attached hydrogens (tertiary/aromatic N) is 3. The first-order valence-electron chi connectivity index (χ1n) is 6.78. The van der Waals surface area contributed by atoms with Crippen molar-refractivity contribution in [3.05, 3.63) is 65.8 Å². The molecule has 0 aliphatic heterocycles. The Labute approximate surface area is 122 Å². The van der Waals surface area contributed by atoms with E-state index >= 15 is 0 Å². The molecule has 3 rings (SSSR count). The molecule has 106 valence electrons. The summed E-state index contributed by atoms with van der Waals surface area (Å²) in [5, 5.41) is 4.00. The van der Waals surface area contributed by atoms with Gasteiger partial charge in [0.15, 0.2) is 0 Å². The highest BCUT2D eigenvalue weighted by molar-refractivity contribution is 5.57. The van der Waals surface area contributed by atoms with E-state index in [1.165, 1.54) is 0 Å². The van der Waals surface area contributed by atoms with Crippen molar-refractivity contribution in [3.63, 3.8) is 0 Å². The maximum Gasteiger partial charge on any atom is 0.244 e. The summed E-state index contributed by atoms with van der Waals surface area (Å²) in [5.74, 6) is 0.969. The van der Waals surface area contributed by atoms with E-state index in [1.807, 2.05) is 43.3 Å². The molecular weight excluding hydrogens is 264 g/mol. The molecule has 0 spiro atoms. The van der Waals surface area contributed by atoms with Crippen molar-refractivity contribution < 1.29 is 4.52 Å². The zero-order valence-electron chi connectivity index (χ0n) is 11.7. The molecule has 21 heavy (non-hydrogen) atoms. The van der Waals surface area contributed by atoms with Crippen molar-refractivity contribution >= 4 is 0 Å². The van der Waals surface area contributed by atoms with Gasteiger partial charge in [-0.15, -0.1) is 0 Å². The van der Waals surface area contributed by atoms with Gasteiger partial charge in [-0.25, -0.2) is 0 Å². The second kappa shape index (κ2) is 5.85. The number of aryl methyl sites for hydroxylation is 1. The third-order valence-corrected chi connectivity index (χ3v) is 3.34. The highest BCUT2D eigenvalue weighted by Crippen LogP contribution is 2.21. The van der Waals surface area contributed by atoms with Gasteiger partial charge in [0.2, 0.25) is 11.7 Å². The molecule has 0 unspecified atom stereocenters. The average molecular weight is 280 g/mol. The number of pyridine rings is 1. The Hall–Kier alpha value is -2.53. The Morgan fingerprint density at radius 3 is 2.76 bits per heavy atom. The van der Waals surface area contributed by atoms with Crippen LogP contribution in [0.3, 0.4) is 0 Å². The minimum Gasteiger partial charge on any atom is -0.337 e. The SMILES string of the molecule is Cc1ccncc1-c1noc([C@H](N)Cc2ccccc2)n1. The molecule has 2 N–H and O–H groups in total. The number of benzene rings is 1. The fourth-order valence-corrected chi connectivity index (χ4v) is 2.15. The van der Waals surface area contributed by atoms with Gasteiger partial charge in [0.25, 0.3) is 0 Å². The first-order chi connectivity index (χ1) is 10.2. The summed E-state index contributed by atoms with van der Waals surface area (Å²) < 4.78 is 5.29. The molecule has 3 aromatic rings. The smallest absolute Gasteiger partial charge is 0.244 e. The zero-order chi connectivity index (χ0) is 14.7. The van der Waals surface area contributed by atoms with Crippen LogP contribution in [0.4, 0.5) is 0 Å². The van der Waals surface area contributed by atoms with Crippen molar-refractivity contribution in [1.82, 2.24) is 15.1 Å². The largest absolute Gasteiger partial charge is 0.337 e. The van der Waals surface area contributed by atoms with Crippen LogP contribution < -0.4 is 5.73 Å². The Balaban J connectivity index is 1.80. The van der Waals surface area contributed by atoms with E-state index in [9.17, 15) is 0 Å². The number of aromatic nitrogens is 3. The number of hydrogen-bond acceptors (Lipinski definition) is 5. The Morgan fingerprint density at radius 1 is 1.19 bits per heavy atom. The monoisotopic (exact) mass is 280 g/mol. The van der Waals surface area contributed by atoms with Gasteiger partial charge in [0.05, 0.1) is 6.04 Å². The van der Waals surface area contributed by atoms with Crippen LogP contribution in [0.1, 0.15) is 23.1 Å². The number of hydrogen-bond donors (Lipinski definition) is 1. The van der Waals surface area contributed by atoms with Crippen molar-refractivity contribution in [2.45, 2.75) is 19.4 Å². The molecule has 1 aromatic carbocycles. The molecule has 5 heteroatoms. The Bertz CT molecular complexity index is 724. The predicted octanol–water partition coefficient (Wildman–Crippen LogP) is 2.68. The van der Waals surface area contributed by atoms with Crippen LogP contribution in [0.2, 0.25) is 0 Å². The minimum atomic E-state index is -0.314. The van der Waals surface area contributed by atoms with Crippen LogP contribution in [0.15, 0.2) is 53.3 Å². The van der Waals surface area contributed by atoms with E-state index in [0.29, 0.717) is 18.1 Å².